The Bertz CT molecular complexity index is 901. The summed E-state index contributed by atoms with van der Waals surface area (Å²) in [6.45, 7) is 0. The third kappa shape index (κ3) is 4.07. The Hall–Kier alpha value is -2.77. The minimum Gasteiger partial charge on any atom is -0.502 e. The average Bonchev–Trinajstić information content (AvgIpc) is 3.12. The molecule has 1 aromatic heterocycles. The first-order valence-corrected chi connectivity index (χ1v) is 8.82. The summed E-state index contributed by atoms with van der Waals surface area (Å²) in [6, 6.07) is 10.8. The number of hydrogen-bond donors (Lipinski definition) is 2. The van der Waals surface area contributed by atoms with Gasteiger partial charge in [-0.1, -0.05) is 23.7 Å². The standard InChI is InChI=1S/C18H16ClN3O3S/c1-24-15-7-11(8-16(25-2)17(15)23)9-20-22-18-21-14(10-26-18)12-3-5-13(19)6-4-12/h3-10,23H,1-2H3,(H,21,22)/b20-9-. The van der Waals surface area contributed by atoms with Crippen molar-refractivity contribution in [1.29, 1.82) is 0 Å². The highest BCUT2D eigenvalue weighted by molar-refractivity contribution is 7.14. The molecule has 134 valence electrons. The quantitative estimate of drug-likeness (QED) is 0.474. The number of aromatic nitrogens is 1. The molecule has 0 saturated carbocycles. The third-order valence-corrected chi connectivity index (χ3v) is 4.52. The summed E-state index contributed by atoms with van der Waals surface area (Å²) in [7, 11) is 2.95. The first-order chi connectivity index (χ1) is 12.6. The molecule has 8 heteroatoms. The van der Waals surface area contributed by atoms with Gasteiger partial charge in [-0.15, -0.1) is 11.3 Å². The van der Waals surface area contributed by atoms with Gasteiger partial charge in [-0.05, 0) is 24.3 Å². The van der Waals surface area contributed by atoms with Crippen molar-refractivity contribution in [3.8, 4) is 28.5 Å². The number of thiazole rings is 1. The van der Waals surface area contributed by atoms with Crippen molar-refractivity contribution in [2.45, 2.75) is 0 Å². The number of nitrogens with zero attached hydrogens (tertiary/aromatic N) is 2. The molecule has 0 aliphatic carbocycles. The fourth-order valence-corrected chi connectivity index (χ4v) is 3.02. The van der Waals surface area contributed by atoms with Gasteiger partial charge in [0.1, 0.15) is 0 Å². The molecule has 3 aromatic rings. The molecule has 2 N–H and O–H groups in total. The number of aromatic hydroxyl groups is 1. The van der Waals surface area contributed by atoms with Crippen molar-refractivity contribution < 1.29 is 14.6 Å². The minimum absolute atomic E-state index is 0.0485. The predicted octanol–water partition coefficient (Wildman–Crippen LogP) is 4.63. The van der Waals surface area contributed by atoms with E-state index < -0.39 is 0 Å². The van der Waals surface area contributed by atoms with Gasteiger partial charge in [-0.2, -0.15) is 5.10 Å². The average molecular weight is 390 g/mol. The van der Waals surface area contributed by atoms with Crippen LogP contribution in [0, 0.1) is 0 Å². The van der Waals surface area contributed by atoms with E-state index in [0.717, 1.165) is 11.3 Å². The molecule has 0 saturated heterocycles. The molecule has 2 aromatic carbocycles. The molecule has 0 radical (unpaired) electrons. The van der Waals surface area contributed by atoms with Gasteiger partial charge in [0.2, 0.25) is 10.9 Å². The molecule has 0 amide bonds. The van der Waals surface area contributed by atoms with Crippen LogP contribution < -0.4 is 14.9 Å². The topological polar surface area (TPSA) is 76.0 Å². The van der Waals surface area contributed by atoms with Crippen molar-refractivity contribution in [3.63, 3.8) is 0 Å². The fourth-order valence-electron chi connectivity index (χ4n) is 2.23. The van der Waals surface area contributed by atoms with Gasteiger partial charge in [0.25, 0.3) is 0 Å². The lowest BCUT2D eigenvalue weighted by Crippen LogP contribution is -1.94. The highest BCUT2D eigenvalue weighted by Gasteiger charge is 2.10. The van der Waals surface area contributed by atoms with Crippen molar-refractivity contribution >= 4 is 34.3 Å². The second-order valence-corrected chi connectivity index (χ2v) is 6.48. The van der Waals surface area contributed by atoms with Gasteiger partial charge in [-0.25, -0.2) is 4.98 Å². The van der Waals surface area contributed by atoms with Gasteiger partial charge in [0.05, 0.1) is 26.1 Å². The third-order valence-electron chi connectivity index (χ3n) is 3.52. The second-order valence-electron chi connectivity index (χ2n) is 5.19. The van der Waals surface area contributed by atoms with E-state index in [-0.39, 0.29) is 5.75 Å². The van der Waals surface area contributed by atoms with E-state index in [4.69, 9.17) is 21.1 Å². The van der Waals surface area contributed by atoms with Gasteiger partial charge < -0.3 is 14.6 Å². The Labute approximate surface area is 159 Å². The first-order valence-electron chi connectivity index (χ1n) is 7.56. The monoisotopic (exact) mass is 389 g/mol. The predicted molar refractivity (Wildman–Crippen MR) is 105 cm³/mol. The lowest BCUT2D eigenvalue weighted by atomic mass is 10.2. The van der Waals surface area contributed by atoms with E-state index in [9.17, 15) is 5.11 Å². The zero-order valence-electron chi connectivity index (χ0n) is 14.1. The van der Waals surface area contributed by atoms with Crippen LogP contribution in [0.15, 0.2) is 46.9 Å². The smallest absolute Gasteiger partial charge is 0.203 e. The first kappa shape index (κ1) is 18.0. The summed E-state index contributed by atoms with van der Waals surface area (Å²) < 4.78 is 10.2. The Morgan fingerprint density at radius 2 is 1.81 bits per heavy atom. The van der Waals surface area contributed by atoms with Crippen LogP contribution in [0.25, 0.3) is 11.3 Å². The number of methoxy groups -OCH3 is 2. The van der Waals surface area contributed by atoms with Crippen molar-refractivity contribution in [2.75, 3.05) is 19.6 Å². The lowest BCUT2D eigenvalue weighted by molar-refractivity contribution is 0.340. The maximum Gasteiger partial charge on any atom is 0.203 e. The van der Waals surface area contributed by atoms with Crippen molar-refractivity contribution in [1.82, 2.24) is 4.98 Å². The number of hydrazone groups is 1. The molecule has 1 heterocycles. The molecule has 26 heavy (non-hydrogen) atoms. The van der Waals surface area contributed by atoms with E-state index in [2.05, 4.69) is 15.5 Å². The Kier molecular flexibility index (Phi) is 5.60. The summed E-state index contributed by atoms with van der Waals surface area (Å²) in [4.78, 5) is 4.48. The molecule has 0 fully saturated rings. The molecule has 0 aliphatic rings. The molecule has 0 atom stereocenters. The number of nitrogens with one attached hydrogen (secondary N) is 1. The van der Waals surface area contributed by atoms with Crippen LogP contribution >= 0.6 is 22.9 Å². The normalized spacial score (nSPS) is 10.9. The van der Waals surface area contributed by atoms with Crippen LogP contribution in [0.4, 0.5) is 5.13 Å². The number of rotatable bonds is 6. The Morgan fingerprint density at radius 3 is 2.42 bits per heavy atom. The van der Waals surface area contributed by atoms with Crippen LogP contribution in [-0.4, -0.2) is 30.5 Å². The number of halogens is 1. The maximum absolute atomic E-state index is 9.92. The van der Waals surface area contributed by atoms with Crippen LogP contribution in [0.5, 0.6) is 17.2 Å². The largest absolute Gasteiger partial charge is 0.502 e. The van der Waals surface area contributed by atoms with E-state index in [1.165, 1.54) is 25.6 Å². The number of anilines is 1. The van der Waals surface area contributed by atoms with Gasteiger partial charge >= 0.3 is 0 Å². The van der Waals surface area contributed by atoms with Crippen LogP contribution in [0.1, 0.15) is 5.56 Å². The van der Waals surface area contributed by atoms with Gasteiger partial charge in [-0.3, -0.25) is 5.43 Å². The number of hydrogen-bond acceptors (Lipinski definition) is 7. The molecule has 0 bridgehead atoms. The summed E-state index contributed by atoms with van der Waals surface area (Å²) >= 11 is 7.34. The molecular formula is C18H16ClN3O3S. The number of phenolic OH excluding ortho intramolecular Hbond substituents is 1. The minimum atomic E-state index is -0.0485. The van der Waals surface area contributed by atoms with E-state index >= 15 is 0 Å². The number of ether oxygens (including phenoxy) is 2. The molecule has 3 rings (SSSR count). The second kappa shape index (κ2) is 8.07. The highest BCUT2D eigenvalue weighted by Crippen LogP contribution is 2.36. The van der Waals surface area contributed by atoms with Gasteiger partial charge in [0.15, 0.2) is 11.5 Å². The zero-order valence-corrected chi connectivity index (χ0v) is 15.6. The zero-order chi connectivity index (χ0) is 18.5. The molecule has 6 nitrogen and oxygen atoms in total. The number of benzene rings is 2. The fraction of sp³-hybridized carbons (Fsp3) is 0.111. The summed E-state index contributed by atoms with van der Waals surface area (Å²) in [5.74, 6) is 0.572. The van der Waals surface area contributed by atoms with Gasteiger partial charge in [0, 0.05) is 21.5 Å². The lowest BCUT2D eigenvalue weighted by Gasteiger charge is -2.09. The SMILES string of the molecule is COc1cc(/C=N\Nc2nc(-c3ccc(Cl)cc3)cs2)cc(OC)c1O. The van der Waals surface area contributed by atoms with Crippen LogP contribution in [0.2, 0.25) is 5.02 Å². The summed E-state index contributed by atoms with van der Waals surface area (Å²) in [6.07, 6.45) is 1.59. The van der Waals surface area contributed by atoms with E-state index in [1.807, 2.05) is 29.6 Å². The Balaban J connectivity index is 1.72. The van der Waals surface area contributed by atoms with E-state index in [1.54, 1.807) is 18.3 Å². The molecule has 0 unspecified atom stereocenters. The Morgan fingerprint density at radius 1 is 1.15 bits per heavy atom. The summed E-state index contributed by atoms with van der Waals surface area (Å²) in [5.41, 5.74) is 5.42. The molecule has 0 spiro atoms. The molecular weight excluding hydrogens is 374 g/mol. The maximum atomic E-state index is 9.92. The molecule has 0 aliphatic heterocycles. The van der Waals surface area contributed by atoms with Crippen molar-refractivity contribution in [3.05, 3.63) is 52.4 Å². The van der Waals surface area contributed by atoms with Crippen LogP contribution in [0.3, 0.4) is 0 Å². The van der Waals surface area contributed by atoms with Crippen LogP contribution in [-0.2, 0) is 0 Å². The van der Waals surface area contributed by atoms with Crippen molar-refractivity contribution in [2.24, 2.45) is 5.10 Å². The van der Waals surface area contributed by atoms with E-state index in [0.29, 0.717) is 27.2 Å². The summed E-state index contributed by atoms with van der Waals surface area (Å²) in [5, 5.41) is 17.4. The number of phenols is 1. The highest BCUT2D eigenvalue weighted by atomic mass is 35.5.